The highest BCUT2D eigenvalue weighted by atomic mass is 19.4. The maximum Gasteiger partial charge on any atom is 0.416 e. The molecule has 1 saturated heterocycles. The Bertz CT molecular complexity index is 1080. The van der Waals surface area contributed by atoms with Crippen LogP contribution in [0, 0.1) is 11.7 Å². The first-order chi connectivity index (χ1) is 16.9. The fraction of sp³-hybridized carbons (Fsp3) is 0.522. The molecule has 1 atom stereocenters. The van der Waals surface area contributed by atoms with Gasteiger partial charge in [-0.25, -0.2) is 18.7 Å². The second-order valence-electron chi connectivity index (χ2n) is 9.22. The summed E-state index contributed by atoms with van der Waals surface area (Å²) in [5.74, 6) is -5.99. The molecular formula is C23H26F6N6O. The Morgan fingerprint density at radius 3 is 2.44 bits per heavy atom. The molecule has 0 bridgehead atoms. The van der Waals surface area contributed by atoms with Gasteiger partial charge in [0.05, 0.1) is 18.7 Å². The summed E-state index contributed by atoms with van der Waals surface area (Å²) in [6.45, 7) is -0.734. The number of carbonyl (C=O) groups excluding carboxylic acids is 1. The molecular weight excluding hydrogens is 490 g/mol. The van der Waals surface area contributed by atoms with E-state index in [0.29, 0.717) is 5.56 Å². The topological polar surface area (TPSA) is 87.4 Å². The highest BCUT2D eigenvalue weighted by molar-refractivity contribution is 5.75. The first-order valence-electron chi connectivity index (χ1n) is 11.5. The van der Waals surface area contributed by atoms with Crippen LogP contribution in [0.2, 0.25) is 0 Å². The smallest absolute Gasteiger partial charge is 0.369 e. The third-order valence-electron chi connectivity index (χ3n) is 6.39. The predicted octanol–water partition coefficient (Wildman–Crippen LogP) is 3.66. The van der Waals surface area contributed by atoms with E-state index in [2.05, 4.69) is 15.3 Å². The molecule has 196 valence electrons. The second-order valence-corrected chi connectivity index (χ2v) is 9.22. The van der Waals surface area contributed by atoms with Crippen LogP contribution >= 0.6 is 0 Å². The van der Waals surface area contributed by atoms with Gasteiger partial charge in [-0.05, 0) is 43.5 Å². The molecule has 7 nitrogen and oxygen atoms in total. The zero-order valence-corrected chi connectivity index (χ0v) is 19.2. The number of nitrogens with two attached hydrogens (primary N) is 1. The van der Waals surface area contributed by atoms with Crippen molar-refractivity contribution in [2.75, 3.05) is 36.4 Å². The Hall–Kier alpha value is -3.09. The lowest BCUT2D eigenvalue weighted by Gasteiger charge is -2.37. The van der Waals surface area contributed by atoms with Crippen molar-refractivity contribution in [2.24, 2.45) is 11.7 Å². The number of piperidine rings is 1. The molecule has 3 N–H and O–H groups in total. The molecule has 1 saturated carbocycles. The van der Waals surface area contributed by atoms with Gasteiger partial charge < -0.3 is 16.0 Å². The molecule has 0 unspecified atom stereocenters. The lowest BCUT2D eigenvalue weighted by molar-refractivity contribution is -0.137. The molecule has 1 aliphatic carbocycles. The molecule has 0 spiro atoms. The van der Waals surface area contributed by atoms with Gasteiger partial charge in [0.25, 0.3) is 5.92 Å². The average molecular weight is 516 g/mol. The predicted molar refractivity (Wildman–Crippen MR) is 120 cm³/mol. The number of nitrogens with zero attached hydrogens (tertiary/aromatic N) is 4. The number of anilines is 2. The van der Waals surface area contributed by atoms with Crippen molar-refractivity contribution in [3.05, 3.63) is 47.5 Å². The normalized spacial score (nSPS) is 20.2. The number of aromatic nitrogens is 2. The van der Waals surface area contributed by atoms with Gasteiger partial charge in [0.2, 0.25) is 11.7 Å². The van der Waals surface area contributed by atoms with Gasteiger partial charge in [0, 0.05) is 25.0 Å². The molecule has 4 rings (SSSR count). The lowest BCUT2D eigenvalue weighted by atomic mass is 9.92. The summed E-state index contributed by atoms with van der Waals surface area (Å²) in [5.41, 5.74) is 4.86. The summed E-state index contributed by atoms with van der Waals surface area (Å²) in [5, 5.41) is 2.67. The van der Waals surface area contributed by atoms with Crippen LogP contribution in [-0.4, -0.2) is 58.9 Å². The maximum atomic E-state index is 15.4. The number of hydrogen-bond donors (Lipinski definition) is 2. The maximum absolute atomic E-state index is 15.4. The van der Waals surface area contributed by atoms with Gasteiger partial charge in [0.15, 0.2) is 11.6 Å². The van der Waals surface area contributed by atoms with Crippen molar-refractivity contribution >= 4 is 17.5 Å². The molecule has 1 amide bonds. The molecule has 2 aromatic rings. The van der Waals surface area contributed by atoms with Gasteiger partial charge in [0.1, 0.15) is 6.33 Å². The molecule has 1 aliphatic heterocycles. The number of amides is 1. The Labute approximate surface area is 203 Å². The summed E-state index contributed by atoms with van der Waals surface area (Å²) in [4.78, 5) is 21.9. The van der Waals surface area contributed by atoms with E-state index in [0.717, 1.165) is 31.3 Å². The summed E-state index contributed by atoms with van der Waals surface area (Å²) < 4.78 is 83.1. The Morgan fingerprint density at radius 1 is 1.17 bits per heavy atom. The Kier molecular flexibility index (Phi) is 7.30. The van der Waals surface area contributed by atoms with Crippen LogP contribution in [-0.2, 0) is 17.5 Å². The van der Waals surface area contributed by atoms with Crippen molar-refractivity contribution in [1.29, 1.82) is 0 Å². The highest BCUT2D eigenvalue weighted by Gasteiger charge is 2.44. The first kappa shape index (κ1) is 26.0. The van der Waals surface area contributed by atoms with Gasteiger partial charge >= 0.3 is 6.18 Å². The van der Waals surface area contributed by atoms with Crippen LogP contribution in [0.4, 0.5) is 38.0 Å². The van der Waals surface area contributed by atoms with E-state index in [1.807, 2.05) is 0 Å². The minimum absolute atomic E-state index is 0.0385. The van der Waals surface area contributed by atoms with Crippen molar-refractivity contribution < 1.29 is 31.1 Å². The number of primary amides is 1. The molecule has 2 aliphatic rings. The van der Waals surface area contributed by atoms with Crippen LogP contribution < -0.4 is 16.0 Å². The number of hydrogen-bond acceptors (Lipinski definition) is 6. The minimum Gasteiger partial charge on any atom is -0.369 e. The number of alkyl halides is 5. The monoisotopic (exact) mass is 516 g/mol. The van der Waals surface area contributed by atoms with Crippen molar-refractivity contribution in [2.45, 2.75) is 43.9 Å². The van der Waals surface area contributed by atoms with Crippen LogP contribution in [0.5, 0.6) is 0 Å². The van der Waals surface area contributed by atoms with Crippen molar-refractivity contribution in [3.8, 4) is 0 Å². The van der Waals surface area contributed by atoms with E-state index in [4.69, 9.17) is 5.73 Å². The quantitative estimate of drug-likeness (QED) is 0.495. The van der Waals surface area contributed by atoms with Crippen molar-refractivity contribution in [1.82, 2.24) is 14.9 Å². The molecule has 2 heterocycles. The zero-order chi connectivity index (χ0) is 26.1. The zero-order valence-electron chi connectivity index (χ0n) is 19.2. The number of benzene rings is 1. The number of carbonyl (C=O) groups is 1. The molecule has 1 aromatic carbocycles. The van der Waals surface area contributed by atoms with Crippen molar-refractivity contribution in [3.63, 3.8) is 0 Å². The lowest BCUT2D eigenvalue weighted by Crippen LogP contribution is -2.52. The van der Waals surface area contributed by atoms with Crippen LogP contribution in [0.15, 0.2) is 30.6 Å². The highest BCUT2D eigenvalue weighted by Crippen LogP contribution is 2.36. The largest absolute Gasteiger partial charge is 0.416 e. The fourth-order valence-electron chi connectivity index (χ4n) is 4.33. The summed E-state index contributed by atoms with van der Waals surface area (Å²) >= 11 is 0. The Balaban J connectivity index is 1.45. The van der Waals surface area contributed by atoms with E-state index >= 15 is 4.39 Å². The van der Waals surface area contributed by atoms with E-state index in [1.54, 1.807) is 4.90 Å². The van der Waals surface area contributed by atoms with Gasteiger partial charge in [-0.15, -0.1) is 0 Å². The standard InChI is InChI=1S/C23H26F6N6O/c24-19-20(31-9-16-7-8-34(11-18(30)36)12-22(16,25)26)32-13-33-21(19)35(17-5-6-17)10-14-1-3-15(4-2-14)23(27,28)29/h1-4,13,16-17H,5-12H2,(H2,30,36)(H,31,32,33)/t16-/m1/s1. The summed E-state index contributed by atoms with van der Waals surface area (Å²) in [6, 6.07) is 4.58. The first-order valence-corrected chi connectivity index (χ1v) is 11.5. The van der Waals surface area contributed by atoms with E-state index in [-0.39, 0.29) is 50.3 Å². The van der Waals surface area contributed by atoms with Crippen LogP contribution in [0.3, 0.4) is 0 Å². The van der Waals surface area contributed by atoms with E-state index < -0.39 is 41.8 Å². The number of likely N-dealkylation sites (tertiary alicyclic amines) is 1. The fourth-order valence-corrected chi connectivity index (χ4v) is 4.33. The second kappa shape index (κ2) is 10.1. The van der Waals surface area contributed by atoms with Crippen LogP contribution in [0.25, 0.3) is 0 Å². The molecule has 1 aromatic heterocycles. The molecule has 0 radical (unpaired) electrons. The molecule has 2 fully saturated rings. The SMILES string of the molecule is NC(=O)CN1CC[C@H](CNc2ncnc(N(Cc3ccc(C(F)(F)F)cc3)C3CC3)c2F)C(F)(F)C1. The summed E-state index contributed by atoms with van der Waals surface area (Å²) in [7, 11) is 0. The third-order valence-corrected chi connectivity index (χ3v) is 6.39. The van der Waals surface area contributed by atoms with Gasteiger partial charge in [-0.3, -0.25) is 9.69 Å². The number of halogens is 6. The van der Waals surface area contributed by atoms with Gasteiger partial charge in [-0.1, -0.05) is 12.1 Å². The Morgan fingerprint density at radius 2 is 1.86 bits per heavy atom. The number of nitrogens with one attached hydrogen (secondary N) is 1. The third kappa shape index (κ3) is 6.18. The van der Waals surface area contributed by atoms with Gasteiger partial charge in [-0.2, -0.15) is 17.6 Å². The number of rotatable bonds is 9. The average Bonchev–Trinajstić information content (AvgIpc) is 3.62. The molecule has 13 heteroatoms. The molecule has 36 heavy (non-hydrogen) atoms. The summed E-state index contributed by atoms with van der Waals surface area (Å²) in [6.07, 6.45) is -1.72. The van der Waals surface area contributed by atoms with Crippen LogP contribution in [0.1, 0.15) is 30.4 Å². The van der Waals surface area contributed by atoms with E-state index in [1.165, 1.54) is 17.0 Å². The minimum atomic E-state index is -4.46. The van der Waals surface area contributed by atoms with E-state index in [9.17, 15) is 26.7 Å².